The van der Waals surface area contributed by atoms with E-state index in [0.29, 0.717) is 17.6 Å². The zero-order valence-electron chi connectivity index (χ0n) is 15.4. The molecule has 30 heavy (non-hydrogen) atoms. The lowest BCUT2D eigenvalue weighted by molar-refractivity contribution is -0.217. The molecule has 1 aliphatic rings. The fraction of sp³-hybridized carbons (Fsp3) is 0.263. The first-order chi connectivity index (χ1) is 14.2. The lowest BCUT2D eigenvalue weighted by atomic mass is 9.96. The number of aromatic nitrogens is 3. The van der Waals surface area contributed by atoms with Gasteiger partial charge in [0.25, 0.3) is 11.6 Å². The van der Waals surface area contributed by atoms with Gasteiger partial charge in [-0.2, -0.15) is 18.3 Å². The molecule has 3 N–H and O–H groups in total. The van der Waals surface area contributed by atoms with E-state index in [1.165, 1.54) is 29.2 Å². The van der Waals surface area contributed by atoms with Gasteiger partial charge in [0.15, 0.2) is 5.65 Å². The molecule has 3 heterocycles. The van der Waals surface area contributed by atoms with E-state index in [0.717, 1.165) is 10.9 Å². The molecule has 0 spiro atoms. The molecule has 1 atom stereocenters. The molecule has 0 saturated heterocycles. The van der Waals surface area contributed by atoms with E-state index >= 15 is 0 Å². The summed E-state index contributed by atoms with van der Waals surface area (Å²) in [5.41, 5.74) is 5.57. The highest BCUT2D eigenvalue weighted by Gasteiger charge is 2.50. The molecule has 156 valence electrons. The smallest absolute Gasteiger partial charge is 0.423 e. The van der Waals surface area contributed by atoms with Gasteiger partial charge in [0, 0.05) is 30.2 Å². The molecule has 3 aromatic rings. The van der Waals surface area contributed by atoms with Gasteiger partial charge in [-0.25, -0.2) is 9.78 Å². The second kappa shape index (κ2) is 7.10. The lowest BCUT2D eigenvalue weighted by Crippen LogP contribution is -2.57. The Bertz CT molecular complexity index is 1120. The van der Waals surface area contributed by atoms with E-state index in [-0.39, 0.29) is 18.7 Å². The normalized spacial score (nSPS) is 16.1. The second-order valence-electron chi connectivity index (χ2n) is 6.86. The van der Waals surface area contributed by atoms with Crippen molar-refractivity contribution in [1.29, 1.82) is 0 Å². The molecular formula is C19H16F3N5O3. The standard InChI is InChI=1S/C19H16F3N5O3/c20-19(21,22)17(29)30-18(23,12-4-2-1-3-5-12)16(28)27-7-6-13-11(10-27)8-24-15-14(13)9-25-26-15/h1-5,8-9H,6-7,10,23H2,(H,24,25,26)/t18-/m0/s1. The SMILES string of the molecule is N[C@@](OC(=O)C(F)(F)F)(C(=O)N1CCc2c(cnc3[nH]ncc23)C1)c1ccccc1. The number of carbonyl (C=O) groups is 2. The van der Waals surface area contributed by atoms with Crippen molar-refractivity contribution < 1.29 is 27.5 Å². The van der Waals surface area contributed by atoms with Gasteiger partial charge in [-0.15, -0.1) is 0 Å². The minimum absolute atomic E-state index is 0.0532. The average Bonchev–Trinajstić information content (AvgIpc) is 3.22. The number of alkyl halides is 3. The number of rotatable bonds is 3. The van der Waals surface area contributed by atoms with Crippen LogP contribution in [0, 0.1) is 0 Å². The van der Waals surface area contributed by atoms with Crippen LogP contribution < -0.4 is 5.73 Å². The Morgan fingerprint density at radius 1 is 1.17 bits per heavy atom. The molecule has 11 heteroatoms. The minimum Gasteiger partial charge on any atom is -0.423 e. The molecule has 2 aromatic heterocycles. The quantitative estimate of drug-likeness (QED) is 0.494. The summed E-state index contributed by atoms with van der Waals surface area (Å²) in [5.74, 6) is -3.49. The van der Waals surface area contributed by atoms with Crippen molar-refractivity contribution in [3.05, 3.63) is 59.4 Å². The highest BCUT2D eigenvalue weighted by molar-refractivity contribution is 5.90. The third kappa shape index (κ3) is 3.36. The first-order valence-electron chi connectivity index (χ1n) is 8.94. The van der Waals surface area contributed by atoms with E-state index in [2.05, 4.69) is 19.9 Å². The van der Waals surface area contributed by atoms with Gasteiger partial charge in [0.2, 0.25) is 0 Å². The number of hydrogen-bond donors (Lipinski definition) is 2. The van der Waals surface area contributed by atoms with Crippen molar-refractivity contribution in [2.24, 2.45) is 5.73 Å². The second-order valence-corrected chi connectivity index (χ2v) is 6.86. The number of amides is 1. The van der Waals surface area contributed by atoms with Crippen LogP contribution in [0.4, 0.5) is 13.2 Å². The van der Waals surface area contributed by atoms with Crippen LogP contribution in [0.1, 0.15) is 16.7 Å². The summed E-state index contributed by atoms with van der Waals surface area (Å²) in [5, 5.41) is 7.52. The summed E-state index contributed by atoms with van der Waals surface area (Å²) < 4.78 is 43.1. The van der Waals surface area contributed by atoms with Crippen molar-refractivity contribution in [1.82, 2.24) is 20.1 Å². The topological polar surface area (TPSA) is 114 Å². The number of ether oxygens (including phenoxy) is 1. The molecular weight excluding hydrogens is 403 g/mol. The Hall–Kier alpha value is -3.47. The molecule has 8 nitrogen and oxygen atoms in total. The number of nitrogens with two attached hydrogens (primary N) is 1. The fourth-order valence-corrected chi connectivity index (χ4v) is 3.48. The van der Waals surface area contributed by atoms with E-state index in [4.69, 9.17) is 5.73 Å². The first-order valence-corrected chi connectivity index (χ1v) is 8.94. The summed E-state index contributed by atoms with van der Waals surface area (Å²) in [6.07, 6.45) is -1.69. The fourth-order valence-electron chi connectivity index (χ4n) is 3.48. The third-order valence-corrected chi connectivity index (χ3v) is 4.97. The molecule has 0 unspecified atom stereocenters. The molecule has 0 fully saturated rings. The number of fused-ring (bicyclic) bond motifs is 3. The number of pyridine rings is 1. The van der Waals surface area contributed by atoms with Crippen molar-refractivity contribution in [2.75, 3.05) is 6.54 Å². The predicted molar refractivity (Wildman–Crippen MR) is 97.5 cm³/mol. The number of nitrogens with one attached hydrogen (secondary N) is 1. The largest absolute Gasteiger partial charge is 0.491 e. The first kappa shape index (κ1) is 19.8. The maximum atomic E-state index is 13.2. The van der Waals surface area contributed by atoms with Crippen LogP contribution in [-0.4, -0.2) is 44.7 Å². The lowest BCUT2D eigenvalue weighted by Gasteiger charge is -2.36. The van der Waals surface area contributed by atoms with Crippen molar-refractivity contribution in [2.45, 2.75) is 24.9 Å². The van der Waals surface area contributed by atoms with Crippen LogP contribution in [0.25, 0.3) is 11.0 Å². The number of halogens is 3. The van der Waals surface area contributed by atoms with Crippen LogP contribution in [0.3, 0.4) is 0 Å². The van der Waals surface area contributed by atoms with Gasteiger partial charge in [0.05, 0.1) is 6.20 Å². The van der Waals surface area contributed by atoms with E-state index in [1.54, 1.807) is 18.5 Å². The predicted octanol–water partition coefficient (Wildman–Crippen LogP) is 1.76. The monoisotopic (exact) mass is 419 g/mol. The zero-order chi connectivity index (χ0) is 21.5. The van der Waals surface area contributed by atoms with Gasteiger partial charge < -0.3 is 9.64 Å². The van der Waals surface area contributed by atoms with Crippen LogP contribution in [0.2, 0.25) is 0 Å². The Balaban J connectivity index is 1.67. The number of hydrogen-bond acceptors (Lipinski definition) is 6. The van der Waals surface area contributed by atoms with E-state index in [9.17, 15) is 22.8 Å². The molecule has 0 aliphatic carbocycles. The Labute approximate surface area is 167 Å². The minimum atomic E-state index is -5.30. The van der Waals surface area contributed by atoms with Gasteiger partial charge in [-0.3, -0.25) is 15.6 Å². The summed E-state index contributed by atoms with van der Waals surface area (Å²) in [6.45, 7) is 0.225. The number of nitrogens with zero attached hydrogens (tertiary/aromatic N) is 3. The summed E-state index contributed by atoms with van der Waals surface area (Å²) in [4.78, 5) is 30.2. The maximum absolute atomic E-state index is 13.2. The molecule has 0 bridgehead atoms. The molecule has 1 aromatic carbocycles. The summed E-state index contributed by atoms with van der Waals surface area (Å²) >= 11 is 0. The molecule has 0 radical (unpaired) electrons. The van der Waals surface area contributed by atoms with Crippen molar-refractivity contribution >= 4 is 22.9 Å². The zero-order valence-corrected chi connectivity index (χ0v) is 15.4. The molecule has 0 saturated carbocycles. The summed E-state index contributed by atoms with van der Waals surface area (Å²) in [7, 11) is 0. The van der Waals surface area contributed by atoms with Gasteiger partial charge in [-0.05, 0) is 17.5 Å². The molecule has 4 rings (SSSR count). The highest BCUT2D eigenvalue weighted by atomic mass is 19.4. The Morgan fingerprint density at radius 3 is 2.60 bits per heavy atom. The van der Waals surface area contributed by atoms with Crippen LogP contribution in [-0.2, 0) is 33.0 Å². The van der Waals surface area contributed by atoms with Gasteiger partial charge in [0.1, 0.15) is 0 Å². The maximum Gasteiger partial charge on any atom is 0.491 e. The Kier molecular flexibility index (Phi) is 4.69. The van der Waals surface area contributed by atoms with Crippen LogP contribution >= 0.6 is 0 Å². The average molecular weight is 419 g/mol. The van der Waals surface area contributed by atoms with Gasteiger partial charge >= 0.3 is 12.1 Å². The van der Waals surface area contributed by atoms with Crippen LogP contribution in [0.5, 0.6) is 0 Å². The number of H-pyrrole nitrogens is 1. The number of carbonyl (C=O) groups excluding carboxylic acids is 2. The van der Waals surface area contributed by atoms with Crippen molar-refractivity contribution in [3.8, 4) is 0 Å². The molecule has 1 amide bonds. The van der Waals surface area contributed by atoms with E-state index < -0.39 is 23.8 Å². The van der Waals surface area contributed by atoms with Crippen molar-refractivity contribution in [3.63, 3.8) is 0 Å². The number of benzene rings is 1. The molecule has 1 aliphatic heterocycles. The van der Waals surface area contributed by atoms with Crippen LogP contribution in [0.15, 0.2) is 42.7 Å². The third-order valence-electron chi connectivity index (χ3n) is 4.97. The number of esters is 1. The van der Waals surface area contributed by atoms with E-state index in [1.807, 2.05) is 0 Å². The highest BCUT2D eigenvalue weighted by Crippen LogP contribution is 2.31. The number of aromatic amines is 1. The van der Waals surface area contributed by atoms with Gasteiger partial charge in [-0.1, -0.05) is 30.3 Å². The summed E-state index contributed by atoms with van der Waals surface area (Å²) in [6, 6.07) is 7.22. The Morgan fingerprint density at radius 2 is 1.90 bits per heavy atom.